The van der Waals surface area contributed by atoms with Crippen LogP contribution in [-0.4, -0.2) is 18.4 Å². The molecular formula is C29H30N2O3. The maximum atomic E-state index is 13.6. The second-order valence-electron chi connectivity index (χ2n) is 8.41. The van der Waals surface area contributed by atoms with Gasteiger partial charge in [-0.05, 0) is 74.2 Å². The second kappa shape index (κ2) is 10.4. The third kappa shape index (κ3) is 4.88. The highest BCUT2D eigenvalue weighted by molar-refractivity contribution is 6.46. The van der Waals surface area contributed by atoms with Crippen LogP contribution in [0.3, 0.4) is 0 Å². The summed E-state index contributed by atoms with van der Waals surface area (Å²) in [6.07, 6.45) is 3.21. The predicted octanol–water partition coefficient (Wildman–Crippen LogP) is 6.13. The van der Waals surface area contributed by atoms with E-state index in [-0.39, 0.29) is 17.5 Å². The lowest BCUT2D eigenvalue weighted by Gasteiger charge is -2.16. The maximum Gasteiger partial charge on any atom is 0.282 e. The molecule has 0 unspecified atom stereocenters. The van der Waals surface area contributed by atoms with E-state index in [9.17, 15) is 9.59 Å². The molecule has 0 saturated carbocycles. The van der Waals surface area contributed by atoms with Crippen LogP contribution in [0.25, 0.3) is 5.57 Å². The number of carbonyl (C=O) groups is 2. The minimum atomic E-state index is -0.365. The van der Waals surface area contributed by atoms with Crippen LogP contribution in [0.2, 0.25) is 0 Å². The van der Waals surface area contributed by atoms with Crippen molar-refractivity contribution in [3.8, 4) is 5.75 Å². The van der Waals surface area contributed by atoms with E-state index < -0.39 is 0 Å². The second-order valence-corrected chi connectivity index (χ2v) is 8.41. The summed E-state index contributed by atoms with van der Waals surface area (Å²) in [6.45, 7) is 6.66. The minimum Gasteiger partial charge on any atom is -0.494 e. The number of imide groups is 1. The summed E-state index contributed by atoms with van der Waals surface area (Å²) in [5, 5.41) is 3.20. The van der Waals surface area contributed by atoms with Crippen LogP contribution in [0.5, 0.6) is 5.75 Å². The summed E-state index contributed by atoms with van der Waals surface area (Å²) in [7, 11) is 0. The number of hydrogen-bond donors (Lipinski definition) is 1. The molecule has 5 heteroatoms. The lowest BCUT2D eigenvalue weighted by Crippen LogP contribution is -2.32. The number of benzene rings is 3. The molecular weight excluding hydrogens is 424 g/mol. The van der Waals surface area contributed by atoms with Gasteiger partial charge >= 0.3 is 0 Å². The number of nitrogens with one attached hydrogen (secondary N) is 1. The van der Waals surface area contributed by atoms with Gasteiger partial charge in [0.15, 0.2) is 0 Å². The van der Waals surface area contributed by atoms with Gasteiger partial charge in [0.1, 0.15) is 11.4 Å². The van der Waals surface area contributed by atoms with Gasteiger partial charge in [0, 0.05) is 5.69 Å². The van der Waals surface area contributed by atoms with E-state index in [4.69, 9.17) is 4.74 Å². The summed E-state index contributed by atoms with van der Waals surface area (Å²) in [5.74, 6) is 0.0544. The predicted molar refractivity (Wildman–Crippen MR) is 137 cm³/mol. The summed E-state index contributed by atoms with van der Waals surface area (Å²) in [6, 6.07) is 22.7. The molecule has 0 atom stereocenters. The Hall–Kier alpha value is -3.86. The Morgan fingerprint density at radius 1 is 0.824 bits per heavy atom. The normalized spacial score (nSPS) is 13.6. The molecule has 0 fully saturated rings. The Morgan fingerprint density at radius 3 is 2.12 bits per heavy atom. The first kappa shape index (κ1) is 23.3. The number of amides is 2. The fraction of sp³-hybridized carbons (Fsp3) is 0.241. The van der Waals surface area contributed by atoms with E-state index in [2.05, 4.69) is 12.2 Å². The molecule has 0 spiro atoms. The van der Waals surface area contributed by atoms with Crippen molar-refractivity contribution in [2.45, 2.75) is 40.0 Å². The van der Waals surface area contributed by atoms with Gasteiger partial charge < -0.3 is 10.1 Å². The molecule has 2 amide bonds. The summed E-state index contributed by atoms with van der Waals surface area (Å²) >= 11 is 0. The quantitative estimate of drug-likeness (QED) is 0.395. The molecule has 1 aliphatic heterocycles. The molecule has 3 aromatic carbocycles. The number of ether oxygens (including phenoxy) is 1. The Labute approximate surface area is 201 Å². The van der Waals surface area contributed by atoms with Crippen LogP contribution < -0.4 is 15.0 Å². The van der Waals surface area contributed by atoms with Crippen molar-refractivity contribution in [3.05, 3.63) is 95.2 Å². The van der Waals surface area contributed by atoms with E-state index in [1.54, 1.807) is 0 Å². The SMILES string of the molecule is CCCCc1ccc(N2C(=O)C(Nc3ccc(OCC)cc3)=C(c3ccc(C)cc3)C2=O)cc1. The van der Waals surface area contributed by atoms with Gasteiger partial charge in [-0.3, -0.25) is 9.59 Å². The molecule has 0 aliphatic carbocycles. The molecule has 3 aromatic rings. The molecule has 0 bridgehead atoms. The third-order valence-corrected chi connectivity index (χ3v) is 5.87. The van der Waals surface area contributed by atoms with Crippen molar-refractivity contribution in [2.75, 3.05) is 16.8 Å². The molecule has 0 radical (unpaired) electrons. The molecule has 1 heterocycles. The Bertz CT molecular complexity index is 1190. The maximum absolute atomic E-state index is 13.6. The summed E-state index contributed by atoms with van der Waals surface area (Å²) < 4.78 is 5.51. The molecule has 34 heavy (non-hydrogen) atoms. The van der Waals surface area contributed by atoms with E-state index in [0.29, 0.717) is 29.1 Å². The highest BCUT2D eigenvalue weighted by Crippen LogP contribution is 2.34. The number of hydrogen-bond acceptors (Lipinski definition) is 4. The first-order valence-corrected chi connectivity index (χ1v) is 11.8. The topological polar surface area (TPSA) is 58.6 Å². The standard InChI is InChI=1S/C29H30N2O3/c1-4-6-7-21-10-16-24(17-11-21)31-28(32)26(22-12-8-20(3)9-13-22)27(29(31)33)30-23-14-18-25(19-15-23)34-5-2/h8-19,30H,4-7H2,1-3H3. The molecule has 0 saturated heterocycles. The molecule has 1 N–H and O–H groups in total. The molecule has 4 rings (SSSR count). The zero-order valence-corrected chi connectivity index (χ0v) is 19.9. The number of rotatable bonds is 9. The number of nitrogens with zero attached hydrogens (tertiary/aromatic N) is 1. The van der Waals surface area contributed by atoms with Crippen LogP contribution >= 0.6 is 0 Å². The average molecular weight is 455 g/mol. The monoisotopic (exact) mass is 454 g/mol. The van der Waals surface area contributed by atoms with Crippen molar-refractivity contribution in [1.29, 1.82) is 0 Å². The molecule has 5 nitrogen and oxygen atoms in total. The van der Waals surface area contributed by atoms with Crippen molar-refractivity contribution >= 4 is 28.8 Å². The van der Waals surface area contributed by atoms with Gasteiger partial charge in [0.2, 0.25) is 0 Å². The summed E-state index contributed by atoms with van der Waals surface area (Å²) in [4.78, 5) is 28.4. The average Bonchev–Trinajstić information content (AvgIpc) is 3.09. The van der Waals surface area contributed by atoms with E-state index in [0.717, 1.165) is 30.6 Å². The van der Waals surface area contributed by atoms with Crippen LogP contribution in [0, 0.1) is 6.92 Å². The van der Waals surface area contributed by atoms with Crippen LogP contribution in [0.15, 0.2) is 78.5 Å². The lowest BCUT2D eigenvalue weighted by molar-refractivity contribution is -0.120. The zero-order chi connectivity index (χ0) is 24.1. The van der Waals surface area contributed by atoms with E-state index in [1.807, 2.05) is 86.6 Å². The Kier molecular flexibility index (Phi) is 7.12. The fourth-order valence-electron chi connectivity index (χ4n) is 4.01. The van der Waals surface area contributed by atoms with Gasteiger partial charge in [-0.1, -0.05) is 55.3 Å². The van der Waals surface area contributed by atoms with Gasteiger partial charge in [-0.15, -0.1) is 0 Å². The smallest absolute Gasteiger partial charge is 0.282 e. The van der Waals surface area contributed by atoms with Gasteiger partial charge in [0.05, 0.1) is 17.9 Å². The largest absolute Gasteiger partial charge is 0.494 e. The first-order valence-electron chi connectivity index (χ1n) is 11.8. The Balaban J connectivity index is 1.69. The summed E-state index contributed by atoms with van der Waals surface area (Å²) in [5.41, 5.74) is 4.91. The number of aryl methyl sites for hydroxylation is 2. The highest BCUT2D eigenvalue weighted by atomic mass is 16.5. The lowest BCUT2D eigenvalue weighted by atomic mass is 10.0. The van der Waals surface area contributed by atoms with Crippen molar-refractivity contribution in [1.82, 2.24) is 0 Å². The van der Waals surface area contributed by atoms with Crippen LogP contribution in [0.4, 0.5) is 11.4 Å². The van der Waals surface area contributed by atoms with Crippen molar-refractivity contribution in [2.24, 2.45) is 0 Å². The van der Waals surface area contributed by atoms with Crippen molar-refractivity contribution < 1.29 is 14.3 Å². The first-order chi connectivity index (χ1) is 16.5. The fourth-order valence-corrected chi connectivity index (χ4v) is 4.01. The highest BCUT2D eigenvalue weighted by Gasteiger charge is 2.40. The van der Waals surface area contributed by atoms with Gasteiger partial charge in [-0.2, -0.15) is 0 Å². The van der Waals surface area contributed by atoms with Crippen LogP contribution in [0.1, 0.15) is 43.4 Å². The number of anilines is 2. The Morgan fingerprint density at radius 2 is 1.50 bits per heavy atom. The zero-order valence-electron chi connectivity index (χ0n) is 19.9. The molecule has 0 aromatic heterocycles. The van der Waals surface area contributed by atoms with Gasteiger partial charge in [-0.25, -0.2) is 4.90 Å². The molecule has 174 valence electrons. The van der Waals surface area contributed by atoms with E-state index in [1.165, 1.54) is 10.5 Å². The number of carbonyl (C=O) groups excluding carboxylic acids is 2. The van der Waals surface area contributed by atoms with E-state index >= 15 is 0 Å². The van der Waals surface area contributed by atoms with Crippen molar-refractivity contribution in [3.63, 3.8) is 0 Å². The van der Waals surface area contributed by atoms with Crippen LogP contribution in [-0.2, 0) is 16.0 Å². The number of unbranched alkanes of at least 4 members (excludes halogenated alkanes) is 1. The third-order valence-electron chi connectivity index (χ3n) is 5.87. The van der Waals surface area contributed by atoms with Gasteiger partial charge in [0.25, 0.3) is 11.8 Å². The minimum absolute atomic E-state index is 0.271. The molecule has 1 aliphatic rings.